The monoisotopic (exact) mass is 243 g/mol. The average Bonchev–Trinajstić information content (AvgIpc) is 2.37. The van der Waals surface area contributed by atoms with Crippen molar-refractivity contribution >= 4 is 5.69 Å². The van der Waals surface area contributed by atoms with Crippen LogP contribution in [-0.4, -0.2) is 38.1 Å². The van der Waals surface area contributed by atoms with Gasteiger partial charge in [-0.3, -0.25) is 0 Å². The molecule has 1 aromatic rings. The number of hydrogen-bond acceptors (Lipinski definition) is 3. The Kier molecular flexibility index (Phi) is 3.88. The number of benzene rings is 1. The van der Waals surface area contributed by atoms with Crippen molar-refractivity contribution in [2.24, 2.45) is 0 Å². The second kappa shape index (κ2) is 5.41. The molecule has 0 N–H and O–H groups in total. The van der Waals surface area contributed by atoms with Gasteiger partial charge in [0.2, 0.25) is 0 Å². The summed E-state index contributed by atoms with van der Waals surface area (Å²) in [6.07, 6.45) is 2.51. The lowest BCUT2D eigenvalue weighted by Crippen LogP contribution is -2.45. The van der Waals surface area contributed by atoms with Crippen molar-refractivity contribution in [3.05, 3.63) is 29.3 Å². The summed E-state index contributed by atoms with van der Waals surface area (Å²) < 4.78 is 0. The van der Waals surface area contributed by atoms with Crippen LogP contribution in [0.1, 0.15) is 24.0 Å². The van der Waals surface area contributed by atoms with Crippen LogP contribution < -0.4 is 4.90 Å². The summed E-state index contributed by atoms with van der Waals surface area (Å²) in [5, 5.41) is 8.90. The van der Waals surface area contributed by atoms with E-state index < -0.39 is 0 Å². The van der Waals surface area contributed by atoms with Crippen molar-refractivity contribution in [3.63, 3.8) is 0 Å². The average molecular weight is 243 g/mol. The summed E-state index contributed by atoms with van der Waals surface area (Å²) in [5.74, 6) is 0. The maximum atomic E-state index is 8.90. The predicted octanol–water partition coefficient (Wildman–Crippen LogP) is 2.40. The Morgan fingerprint density at radius 1 is 1.44 bits per heavy atom. The van der Waals surface area contributed by atoms with E-state index in [1.165, 1.54) is 30.6 Å². The molecule has 1 aliphatic rings. The first-order valence-corrected chi connectivity index (χ1v) is 6.54. The van der Waals surface area contributed by atoms with Crippen molar-refractivity contribution in [3.8, 4) is 6.07 Å². The van der Waals surface area contributed by atoms with E-state index in [0.717, 1.165) is 12.1 Å². The molecule has 3 heteroatoms. The van der Waals surface area contributed by atoms with E-state index in [0.29, 0.717) is 6.04 Å². The van der Waals surface area contributed by atoms with E-state index in [2.05, 4.69) is 43.0 Å². The highest BCUT2D eigenvalue weighted by Gasteiger charge is 2.22. The lowest BCUT2D eigenvalue weighted by Gasteiger charge is -2.37. The molecule has 1 aliphatic heterocycles. The van der Waals surface area contributed by atoms with Gasteiger partial charge in [0.25, 0.3) is 0 Å². The zero-order chi connectivity index (χ0) is 13.1. The first-order chi connectivity index (χ1) is 8.61. The Hall–Kier alpha value is -1.53. The Labute approximate surface area is 110 Å². The molecule has 0 radical (unpaired) electrons. The molecular formula is C15H21N3. The van der Waals surface area contributed by atoms with Gasteiger partial charge < -0.3 is 9.80 Å². The first-order valence-electron chi connectivity index (χ1n) is 6.54. The third-order valence-electron chi connectivity index (χ3n) is 3.85. The van der Waals surface area contributed by atoms with E-state index in [-0.39, 0.29) is 0 Å². The molecule has 2 rings (SSSR count). The zero-order valence-corrected chi connectivity index (χ0v) is 11.5. The van der Waals surface area contributed by atoms with Gasteiger partial charge in [0.05, 0.1) is 11.6 Å². The second-order valence-corrected chi connectivity index (χ2v) is 5.28. The molecule has 1 aromatic carbocycles. The van der Waals surface area contributed by atoms with E-state index in [1.807, 2.05) is 12.1 Å². The van der Waals surface area contributed by atoms with Crippen LogP contribution in [0.5, 0.6) is 0 Å². The molecule has 1 saturated heterocycles. The number of rotatable bonds is 2. The van der Waals surface area contributed by atoms with Gasteiger partial charge in [-0.15, -0.1) is 0 Å². The van der Waals surface area contributed by atoms with E-state index in [1.54, 1.807) is 0 Å². The molecule has 0 aliphatic carbocycles. The Balaban J connectivity index is 2.18. The smallest absolute Gasteiger partial charge is 0.0991 e. The standard InChI is InChI=1S/C15H21N3/c1-12-9-13(10-16)6-7-15(12)18(3)14-5-4-8-17(2)11-14/h6-7,9,14H,4-5,8,11H2,1-3H3. The lowest BCUT2D eigenvalue weighted by molar-refractivity contribution is 0.248. The Morgan fingerprint density at radius 2 is 2.22 bits per heavy atom. The topological polar surface area (TPSA) is 30.3 Å². The summed E-state index contributed by atoms with van der Waals surface area (Å²) in [5.41, 5.74) is 3.17. The van der Waals surface area contributed by atoms with Gasteiger partial charge >= 0.3 is 0 Å². The van der Waals surface area contributed by atoms with Gasteiger partial charge in [-0.2, -0.15) is 5.26 Å². The van der Waals surface area contributed by atoms with Crippen molar-refractivity contribution in [1.29, 1.82) is 5.26 Å². The highest BCUT2D eigenvalue weighted by atomic mass is 15.2. The molecule has 96 valence electrons. The second-order valence-electron chi connectivity index (χ2n) is 5.28. The fourth-order valence-corrected chi connectivity index (χ4v) is 2.77. The Bertz CT molecular complexity index is 461. The first kappa shape index (κ1) is 12.9. The highest BCUT2D eigenvalue weighted by molar-refractivity contribution is 5.56. The van der Waals surface area contributed by atoms with Crippen LogP contribution in [0.3, 0.4) is 0 Å². The number of piperidine rings is 1. The minimum atomic E-state index is 0.579. The van der Waals surface area contributed by atoms with Crippen LogP contribution in [0, 0.1) is 18.3 Å². The molecule has 0 saturated carbocycles. The number of hydrogen-bond donors (Lipinski definition) is 0. The van der Waals surface area contributed by atoms with Crippen molar-refractivity contribution in [2.75, 3.05) is 32.1 Å². The van der Waals surface area contributed by atoms with Crippen LogP contribution in [0.4, 0.5) is 5.69 Å². The van der Waals surface area contributed by atoms with Crippen LogP contribution in [0.2, 0.25) is 0 Å². The summed E-state index contributed by atoms with van der Waals surface area (Å²) in [7, 11) is 4.35. The molecule has 1 unspecified atom stereocenters. The van der Waals surface area contributed by atoms with Gasteiger partial charge in [0.1, 0.15) is 0 Å². The number of likely N-dealkylation sites (tertiary alicyclic amines) is 1. The van der Waals surface area contributed by atoms with E-state index >= 15 is 0 Å². The molecule has 3 nitrogen and oxygen atoms in total. The predicted molar refractivity (Wildman–Crippen MR) is 74.8 cm³/mol. The van der Waals surface area contributed by atoms with Crippen LogP contribution in [0.15, 0.2) is 18.2 Å². The molecule has 1 fully saturated rings. The molecular weight excluding hydrogens is 222 g/mol. The van der Waals surface area contributed by atoms with Gasteiger partial charge in [-0.25, -0.2) is 0 Å². The number of aryl methyl sites for hydroxylation is 1. The van der Waals surface area contributed by atoms with Gasteiger partial charge in [0, 0.05) is 25.3 Å². The number of nitrogens with zero attached hydrogens (tertiary/aromatic N) is 3. The van der Waals surface area contributed by atoms with Crippen molar-refractivity contribution in [1.82, 2.24) is 4.90 Å². The van der Waals surface area contributed by atoms with Gasteiger partial charge in [-0.05, 0) is 57.1 Å². The van der Waals surface area contributed by atoms with Gasteiger partial charge in [0.15, 0.2) is 0 Å². The molecule has 0 bridgehead atoms. The molecule has 1 heterocycles. The van der Waals surface area contributed by atoms with Crippen LogP contribution in [-0.2, 0) is 0 Å². The minimum absolute atomic E-state index is 0.579. The van der Waals surface area contributed by atoms with Gasteiger partial charge in [-0.1, -0.05) is 0 Å². The summed E-state index contributed by atoms with van der Waals surface area (Å²) in [6.45, 7) is 4.41. The highest BCUT2D eigenvalue weighted by Crippen LogP contribution is 2.25. The maximum Gasteiger partial charge on any atom is 0.0991 e. The summed E-state index contributed by atoms with van der Waals surface area (Å²) in [6, 6.07) is 8.72. The fraction of sp³-hybridized carbons (Fsp3) is 0.533. The van der Waals surface area contributed by atoms with Crippen molar-refractivity contribution < 1.29 is 0 Å². The number of anilines is 1. The molecule has 0 aromatic heterocycles. The van der Waals surface area contributed by atoms with E-state index in [4.69, 9.17) is 5.26 Å². The number of nitriles is 1. The normalized spacial score (nSPS) is 20.4. The molecule has 0 spiro atoms. The summed E-state index contributed by atoms with van der Waals surface area (Å²) >= 11 is 0. The largest absolute Gasteiger partial charge is 0.370 e. The van der Waals surface area contributed by atoms with Crippen LogP contribution >= 0.6 is 0 Å². The maximum absolute atomic E-state index is 8.90. The molecule has 0 amide bonds. The quantitative estimate of drug-likeness (QED) is 0.799. The fourth-order valence-electron chi connectivity index (χ4n) is 2.77. The molecule has 18 heavy (non-hydrogen) atoms. The zero-order valence-electron chi connectivity index (χ0n) is 11.5. The molecule has 1 atom stereocenters. The minimum Gasteiger partial charge on any atom is -0.370 e. The van der Waals surface area contributed by atoms with Crippen molar-refractivity contribution in [2.45, 2.75) is 25.8 Å². The SMILES string of the molecule is Cc1cc(C#N)ccc1N(C)C1CCCN(C)C1. The Morgan fingerprint density at radius 3 is 2.83 bits per heavy atom. The third kappa shape index (κ3) is 2.65. The summed E-state index contributed by atoms with van der Waals surface area (Å²) in [4.78, 5) is 4.76. The van der Waals surface area contributed by atoms with Crippen LogP contribution in [0.25, 0.3) is 0 Å². The third-order valence-corrected chi connectivity index (χ3v) is 3.85. The number of likely N-dealkylation sites (N-methyl/N-ethyl adjacent to an activating group) is 2. The van der Waals surface area contributed by atoms with E-state index in [9.17, 15) is 0 Å². The lowest BCUT2D eigenvalue weighted by atomic mass is 10.0.